The van der Waals surface area contributed by atoms with E-state index in [4.69, 9.17) is 0 Å². The molecule has 1 fully saturated rings. The summed E-state index contributed by atoms with van der Waals surface area (Å²) in [6.07, 6.45) is 15.6. The van der Waals surface area contributed by atoms with E-state index in [0.29, 0.717) is 6.42 Å². The summed E-state index contributed by atoms with van der Waals surface area (Å²) in [4.78, 5) is 10.9. The Morgan fingerprint density at radius 1 is 0.950 bits per heavy atom. The third-order valence-corrected chi connectivity index (χ3v) is 4.53. The second-order valence-corrected chi connectivity index (χ2v) is 6.34. The van der Waals surface area contributed by atoms with Gasteiger partial charge in [0.25, 0.3) is 0 Å². The minimum absolute atomic E-state index is 0.0881. The molecular weight excluding hydrogens is 252 g/mol. The number of hydrogen-bond acceptors (Lipinski definition) is 3. The van der Waals surface area contributed by atoms with E-state index >= 15 is 0 Å². The monoisotopic (exact) mass is 284 g/mol. The average molecular weight is 284 g/mol. The molecule has 0 aromatic carbocycles. The zero-order chi connectivity index (χ0) is 14.7. The lowest BCUT2D eigenvalue weighted by atomic mass is 9.94. The summed E-state index contributed by atoms with van der Waals surface area (Å²) >= 11 is 0. The average Bonchev–Trinajstić information content (AvgIpc) is 2.87. The fourth-order valence-corrected chi connectivity index (χ4v) is 3.17. The molecule has 0 bridgehead atoms. The quantitative estimate of drug-likeness (QED) is 0.453. The summed E-state index contributed by atoms with van der Waals surface area (Å²) in [5, 5.41) is 10.2. The molecule has 0 aliphatic heterocycles. The Morgan fingerprint density at radius 2 is 1.45 bits per heavy atom. The summed E-state index contributed by atoms with van der Waals surface area (Å²) < 4.78 is 4.61. The van der Waals surface area contributed by atoms with Gasteiger partial charge in [-0.2, -0.15) is 0 Å². The number of aliphatic hydroxyl groups is 1. The molecule has 0 atom stereocenters. The second kappa shape index (κ2) is 10.2. The van der Waals surface area contributed by atoms with Crippen LogP contribution in [0.1, 0.15) is 89.9 Å². The lowest BCUT2D eigenvalue weighted by Gasteiger charge is -2.21. The maximum Gasteiger partial charge on any atom is 0.305 e. The molecule has 20 heavy (non-hydrogen) atoms. The maximum atomic E-state index is 10.9. The smallest absolute Gasteiger partial charge is 0.305 e. The van der Waals surface area contributed by atoms with Crippen LogP contribution in [-0.4, -0.2) is 23.8 Å². The van der Waals surface area contributed by atoms with E-state index in [-0.39, 0.29) is 11.6 Å². The molecule has 1 aliphatic rings. The summed E-state index contributed by atoms with van der Waals surface area (Å²) in [5.41, 5.74) is -0.312. The van der Waals surface area contributed by atoms with Crippen LogP contribution >= 0.6 is 0 Å². The van der Waals surface area contributed by atoms with Gasteiger partial charge in [0.2, 0.25) is 0 Å². The van der Waals surface area contributed by atoms with Gasteiger partial charge in [0, 0.05) is 6.42 Å². The van der Waals surface area contributed by atoms with Crippen molar-refractivity contribution in [1.29, 1.82) is 0 Å². The Bertz CT molecular complexity index is 257. The lowest BCUT2D eigenvalue weighted by Crippen LogP contribution is -2.23. The van der Waals surface area contributed by atoms with Crippen molar-refractivity contribution in [1.82, 2.24) is 0 Å². The van der Waals surface area contributed by atoms with Crippen molar-refractivity contribution < 1.29 is 14.6 Å². The van der Waals surface area contributed by atoms with Gasteiger partial charge in [0.05, 0.1) is 12.7 Å². The zero-order valence-electron chi connectivity index (χ0n) is 13.2. The van der Waals surface area contributed by atoms with E-state index in [1.165, 1.54) is 58.5 Å². The molecule has 0 radical (unpaired) electrons. The van der Waals surface area contributed by atoms with Crippen molar-refractivity contribution in [3.63, 3.8) is 0 Å². The summed E-state index contributed by atoms with van der Waals surface area (Å²) in [6.45, 7) is 0. The van der Waals surface area contributed by atoms with Crippen LogP contribution in [0.3, 0.4) is 0 Å². The fraction of sp³-hybridized carbons (Fsp3) is 0.941. The molecule has 3 nitrogen and oxygen atoms in total. The van der Waals surface area contributed by atoms with Crippen molar-refractivity contribution in [2.75, 3.05) is 7.11 Å². The number of carbonyl (C=O) groups is 1. The molecule has 0 heterocycles. The van der Waals surface area contributed by atoms with Crippen LogP contribution in [0.15, 0.2) is 0 Å². The highest BCUT2D eigenvalue weighted by molar-refractivity contribution is 5.68. The Kier molecular flexibility index (Phi) is 8.92. The van der Waals surface area contributed by atoms with Crippen molar-refractivity contribution in [3.05, 3.63) is 0 Å². The maximum absolute atomic E-state index is 10.9. The van der Waals surface area contributed by atoms with Crippen LogP contribution in [0.4, 0.5) is 0 Å². The Balaban J connectivity index is 1.80. The predicted molar refractivity (Wildman–Crippen MR) is 81.6 cm³/mol. The van der Waals surface area contributed by atoms with Crippen LogP contribution < -0.4 is 0 Å². The number of rotatable bonds is 11. The molecule has 1 N–H and O–H groups in total. The van der Waals surface area contributed by atoms with Crippen LogP contribution in [0.25, 0.3) is 0 Å². The number of esters is 1. The minimum atomic E-state index is -0.312. The molecule has 1 saturated carbocycles. The van der Waals surface area contributed by atoms with E-state index in [2.05, 4.69) is 4.74 Å². The third-order valence-electron chi connectivity index (χ3n) is 4.53. The molecule has 0 aromatic rings. The van der Waals surface area contributed by atoms with Gasteiger partial charge in [-0.1, -0.05) is 57.8 Å². The van der Waals surface area contributed by atoms with Gasteiger partial charge in [-0.15, -0.1) is 0 Å². The summed E-state index contributed by atoms with van der Waals surface area (Å²) in [6, 6.07) is 0. The topological polar surface area (TPSA) is 46.5 Å². The Hall–Kier alpha value is -0.570. The standard InChI is InChI=1S/C17H32O3/c1-20-16(18)12-8-6-4-2-3-5-7-9-13-17(19)14-10-11-15-17/h19H,2-15H2,1H3. The molecule has 0 saturated heterocycles. The number of methoxy groups -OCH3 is 1. The molecule has 0 unspecified atom stereocenters. The molecule has 118 valence electrons. The number of hydrogen-bond donors (Lipinski definition) is 1. The number of unbranched alkanes of at least 4 members (excludes halogenated alkanes) is 7. The SMILES string of the molecule is COC(=O)CCCCCCCCCCC1(O)CCCC1. The first-order valence-corrected chi connectivity index (χ1v) is 8.45. The molecular formula is C17H32O3. The first kappa shape index (κ1) is 17.5. The van der Waals surface area contributed by atoms with E-state index < -0.39 is 0 Å². The van der Waals surface area contributed by atoms with Crippen molar-refractivity contribution in [2.24, 2.45) is 0 Å². The second-order valence-electron chi connectivity index (χ2n) is 6.34. The van der Waals surface area contributed by atoms with E-state index in [1.807, 2.05) is 0 Å². The largest absolute Gasteiger partial charge is 0.469 e. The van der Waals surface area contributed by atoms with Gasteiger partial charge in [0.15, 0.2) is 0 Å². The molecule has 3 heteroatoms. The van der Waals surface area contributed by atoms with Crippen LogP contribution in [0.5, 0.6) is 0 Å². The van der Waals surface area contributed by atoms with E-state index in [0.717, 1.165) is 32.1 Å². The van der Waals surface area contributed by atoms with Gasteiger partial charge in [-0.3, -0.25) is 4.79 Å². The van der Waals surface area contributed by atoms with Crippen LogP contribution in [0, 0.1) is 0 Å². The third kappa shape index (κ3) is 7.88. The van der Waals surface area contributed by atoms with Gasteiger partial charge in [-0.05, 0) is 25.7 Å². The molecule has 0 amide bonds. The normalized spacial score (nSPS) is 17.3. The summed E-state index contributed by atoms with van der Waals surface area (Å²) in [7, 11) is 1.45. The number of ether oxygens (including phenoxy) is 1. The zero-order valence-corrected chi connectivity index (χ0v) is 13.2. The van der Waals surface area contributed by atoms with Crippen LogP contribution in [-0.2, 0) is 9.53 Å². The lowest BCUT2D eigenvalue weighted by molar-refractivity contribution is -0.140. The number of carbonyl (C=O) groups excluding carboxylic acids is 1. The van der Waals surface area contributed by atoms with Crippen molar-refractivity contribution in [2.45, 2.75) is 95.5 Å². The van der Waals surface area contributed by atoms with E-state index in [1.54, 1.807) is 0 Å². The van der Waals surface area contributed by atoms with Crippen molar-refractivity contribution >= 4 is 5.97 Å². The highest BCUT2D eigenvalue weighted by atomic mass is 16.5. The van der Waals surface area contributed by atoms with E-state index in [9.17, 15) is 9.90 Å². The fourth-order valence-electron chi connectivity index (χ4n) is 3.17. The van der Waals surface area contributed by atoms with Gasteiger partial charge in [-0.25, -0.2) is 0 Å². The van der Waals surface area contributed by atoms with Gasteiger partial charge >= 0.3 is 5.97 Å². The highest BCUT2D eigenvalue weighted by Crippen LogP contribution is 2.33. The molecule has 0 aromatic heterocycles. The first-order valence-electron chi connectivity index (χ1n) is 8.45. The van der Waals surface area contributed by atoms with Crippen molar-refractivity contribution in [3.8, 4) is 0 Å². The molecule has 1 aliphatic carbocycles. The summed E-state index contributed by atoms with van der Waals surface area (Å²) in [5.74, 6) is -0.0881. The first-order chi connectivity index (χ1) is 9.66. The Labute approximate surface area is 124 Å². The van der Waals surface area contributed by atoms with Gasteiger partial charge in [0.1, 0.15) is 0 Å². The molecule has 1 rings (SSSR count). The van der Waals surface area contributed by atoms with Crippen LogP contribution in [0.2, 0.25) is 0 Å². The predicted octanol–water partition coefficient (Wildman–Crippen LogP) is 4.37. The Morgan fingerprint density at radius 3 is 2.00 bits per heavy atom. The van der Waals surface area contributed by atoms with Gasteiger partial charge < -0.3 is 9.84 Å². The minimum Gasteiger partial charge on any atom is -0.469 e. The highest BCUT2D eigenvalue weighted by Gasteiger charge is 2.29. The molecule has 0 spiro atoms.